The Bertz CT molecular complexity index is 524. The van der Waals surface area contributed by atoms with Crippen LogP contribution in [0, 0.1) is 5.92 Å². The number of nitrogens with one attached hydrogen (secondary N) is 2. The third kappa shape index (κ3) is 4.01. The molecule has 0 saturated carbocycles. The van der Waals surface area contributed by atoms with E-state index in [4.69, 9.17) is 4.74 Å². The van der Waals surface area contributed by atoms with Crippen LogP contribution in [0.5, 0.6) is 5.75 Å². The molecule has 0 spiro atoms. The van der Waals surface area contributed by atoms with Gasteiger partial charge < -0.3 is 15.4 Å². The molecule has 4 heteroatoms. The zero-order valence-corrected chi connectivity index (χ0v) is 13.4. The van der Waals surface area contributed by atoms with Crippen LogP contribution in [0.2, 0.25) is 0 Å². The van der Waals surface area contributed by atoms with Gasteiger partial charge in [0.1, 0.15) is 11.9 Å². The lowest BCUT2D eigenvalue weighted by Crippen LogP contribution is -2.26. The first kappa shape index (κ1) is 15.3. The van der Waals surface area contributed by atoms with Gasteiger partial charge in [-0.1, -0.05) is 12.1 Å². The fourth-order valence-corrected chi connectivity index (χ4v) is 3.36. The second-order valence-electron chi connectivity index (χ2n) is 6.57. The summed E-state index contributed by atoms with van der Waals surface area (Å²) >= 11 is 0. The molecular weight excluding hydrogens is 276 g/mol. The second kappa shape index (κ2) is 7.14. The van der Waals surface area contributed by atoms with Gasteiger partial charge >= 0.3 is 0 Å². The second-order valence-corrected chi connectivity index (χ2v) is 6.57. The maximum absolute atomic E-state index is 11.9. The Hall–Kier alpha value is -1.55. The molecule has 22 heavy (non-hydrogen) atoms. The molecule has 2 atom stereocenters. The molecule has 0 bridgehead atoms. The van der Waals surface area contributed by atoms with E-state index in [1.54, 1.807) is 0 Å². The van der Waals surface area contributed by atoms with Gasteiger partial charge in [0, 0.05) is 19.4 Å². The predicted molar refractivity (Wildman–Crippen MR) is 87.2 cm³/mol. The molecular formula is C18H26N2O2. The van der Waals surface area contributed by atoms with Crippen LogP contribution in [0.4, 0.5) is 0 Å². The maximum atomic E-state index is 11.9. The summed E-state index contributed by atoms with van der Waals surface area (Å²) in [6.45, 7) is 4.99. The molecule has 1 amide bonds. The summed E-state index contributed by atoms with van der Waals surface area (Å²) in [6, 6.07) is 6.38. The molecule has 1 aromatic rings. The highest BCUT2D eigenvalue weighted by atomic mass is 16.5. The molecule has 0 aliphatic carbocycles. The van der Waals surface area contributed by atoms with Crippen molar-refractivity contribution in [3.05, 3.63) is 29.3 Å². The fourth-order valence-electron chi connectivity index (χ4n) is 3.36. The van der Waals surface area contributed by atoms with E-state index < -0.39 is 0 Å². The summed E-state index contributed by atoms with van der Waals surface area (Å²) < 4.78 is 5.71. The summed E-state index contributed by atoms with van der Waals surface area (Å²) in [7, 11) is 0. The number of rotatable bonds is 6. The van der Waals surface area contributed by atoms with Crippen LogP contribution < -0.4 is 15.4 Å². The molecule has 4 nitrogen and oxygen atoms in total. The largest absolute Gasteiger partial charge is 0.490 e. The Morgan fingerprint density at radius 1 is 1.45 bits per heavy atom. The van der Waals surface area contributed by atoms with E-state index in [1.807, 2.05) is 0 Å². The van der Waals surface area contributed by atoms with Crippen LogP contribution in [0.25, 0.3) is 0 Å². The zero-order chi connectivity index (χ0) is 15.4. The van der Waals surface area contributed by atoms with E-state index in [0.29, 0.717) is 12.3 Å². The molecule has 3 rings (SSSR count). The summed E-state index contributed by atoms with van der Waals surface area (Å²) in [5, 5.41) is 6.38. The normalized spacial score (nSPS) is 23.1. The number of hydrogen-bond acceptors (Lipinski definition) is 3. The van der Waals surface area contributed by atoms with Crippen molar-refractivity contribution in [2.45, 2.75) is 45.1 Å². The van der Waals surface area contributed by atoms with E-state index >= 15 is 0 Å². The number of ether oxygens (including phenoxy) is 1. The summed E-state index contributed by atoms with van der Waals surface area (Å²) in [4.78, 5) is 11.9. The number of carbonyl (C=O) groups excluding carboxylic acids is 1. The van der Waals surface area contributed by atoms with Gasteiger partial charge in [-0.15, -0.1) is 0 Å². The minimum absolute atomic E-state index is 0.185. The summed E-state index contributed by atoms with van der Waals surface area (Å²) in [5.74, 6) is 1.89. The topological polar surface area (TPSA) is 50.4 Å². The molecule has 1 aromatic carbocycles. The minimum atomic E-state index is 0.185. The molecule has 120 valence electrons. The number of benzene rings is 1. The lowest BCUT2D eigenvalue weighted by Gasteiger charge is -2.09. The van der Waals surface area contributed by atoms with Gasteiger partial charge in [-0.2, -0.15) is 0 Å². The van der Waals surface area contributed by atoms with Crippen molar-refractivity contribution in [1.29, 1.82) is 0 Å². The molecule has 2 unspecified atom stereocenters. The third-order valence-corrected chi connectivity index (χ3v) is 4.64. The Balaban J connectivity index is 1.37. The van der Waals surface area contributed by atoms with Crippen LogP contribution in [-0.2, 0) is 17.6 Å². The fraction of sp³-hybridized carbons (Fsp3) is 0.611. The Morgan fingerprint density at radius 2 is 2.36 bits per heavy atom. The SMILES string of the molecule is CC1Cc2cc(CCNC(=O)CCC3CCNC3)ccc2O1. The number of fused-ring (bicyclic) bond motifs is 1. The van der Waals surface area contributed by atoms with Crippen LogP contribution in [0.3, 0.4) is 0 Å². The van der Waals surface area contributed by atoms with Gasteiger partial charge in [0.05, 0.1) is 0 Å². The molecule has 1 fully saturated rings. The monoisotopic (exact) mass is 302 g/mol. The Kier molecular flexibility index (Phi) is 4.98. The van der Waals surface area contributed by atoms with E-state index in [1.165, 1.54) is 17.5 Å². The van der Waals surface area contributed by atoms with Gasteiger partial charge in [0.25, 0.3) is 0 Å². The highest BCUT2D eigenvalue weighted by molar-refractivity contribution is 5.75. The zero-order valence-electron chi connectivity index (χ0n) is 13.4. The van der Waals surface area contributed by atoms with Crippen molar-refractivity contribution < 1.29 is 9.53 Å². The molecule has 0 radical (unpaired) electrons. The van der Waals surface area contributed by atoms with E-state index in [2.05, 4.69) is 35.8 Å². The van der Waals surface area contributed by atoms with E-state index in [-0.39, 0.29) is 12.0 Å². The molecule has 0 aromatic heterocycles. The van der Waals surface area contributed by atoms with Crippen molar-refractivity contribution in [3.8, 4) is 5.75 Å². The average molecular weight is 302 g/mol. The van der Waals surface area contributed by atoms with Crippen molar-refractivity contribution >= 4 is 5.91 Å². The van der Waals surface area contributed by atoms with Gasteiger partial charge in [0.15, 0.2) is 0 Å². The average Bonchev–Trinajstić information content (AvgIpc) is 3.12. The van der Waals surface area contributed by atoms with Crippen LogP contribution in [-0.4, -0.2) is 31.6 Å². The van der Waals surface area contributed by atoms with Crippen LogP contribution >= 0.6 is 0 Å². The number of amides is 1. The Labute approximate surface area is 132 Å². The third-order valence-electron chi connectivity index (χ3n) is 4.64. The summed E-state index contributed by atoms with van der Waals surface area (Å²) in [5.41, 5.74) is 2.57. The first-order chi connectivity index (χ1) is 10.7. The standard InChI is InChI=1S/C18H26N2O2/c1-13-10-16-11-14(2-4-17(16)22-13)7-9-20-18(21)5-3-15-6-8-19-12-15/h2,4,11,13,15,19H,3,5-10,12H2,1H3,(H,20,21). The number of carbonyl (C=O) groups is 1. The van der Waals surface area contributed by atoms with Gasteiger partial charge in [0.2, 0.25) is 5.91 Å². The van der Waals surface area contributed by atoms with Crippen molar-refractivity contribution in [1.82, 2.24) is 10.6 Å². The lowest BCUT2D eigenvalue weighted by atomic mass is 10.0. The number of hydrogen-bond donors (Lipinski definition) is 2. The molecule has 2 N–H and O–H groups in total. The van der Waals surface area contributed by atoms with Gasteiger partial charge in [-0.25, -0.2) is 0 Å². The quantitative estimate of drug-likeness (QED) is 0.846. The minimum Gasteiger partial charge on any atom is -0.490 e. The molecule has 2 aliphatic rings. The first-order valence-electron chi connectivity index (χ1n) is 8.46. The maximum Gasteiger partial charge on any atom is 0.220 e. The van der Waals surface area contributed by atoms with Crippen molar-refractivity contribution in [3.63, 3.8) is 0 Å². The van der Waals surface area contributed by atoms with Crippen LogP contribution in [0.15, 0.2) is 18.2 Å². The first-order valence-corrected chi connectivity index (χ1v) is 8.46. The van der Waals surface area contributed by atoms with Crippen molar-refractivity contribution in [2.75, 3.05) is 19.6 Å². The van der Waals surface area contributed by atoms with Gasteiger partial charge in [-0.05, 0) is 62.4 Å². The molecule has 2 heterocycles. The van der Waals surface area contributed by atoms with Crippen LogP contribution in [0.1, 0.15) is 37.3 Å². The van der Waals surface area contributed by atoms with Gasteiger partial charge in [-0.3, -0.25) is 4.79 Å². The highest BCUT2D eigenvalue weighted by Gasteiger charge is 2.19. The summed E-state index contributed by atoms with van der Waals surface area (Å²) in [6.07, 6.45) is 5.04. The highest BCUT2D eigenvalue weighted by Crippen LogP contribution is 2.29. The molecule has 1 saturated heterocycles. The van der Waals surface area contributed by atoms with E-state index in [0.717, 1.165) is 44.6 Å². The van der Waals surface area contributed by atoms with E-state index in [9.17, 15) is 4.79 Å². The molecule has 2 aliphatic heterocycles. The smallest absolute Gasteiger partial charge is 0.220 e. The Morgan fingerprint density at radius 3 is 3.18 bits per heavy atom. The lowest BCUT2D eigenvalue weighted by molar-refractivity contribution is -0.121. The van der Waals surface area contributed by atoms with Crippen molar-refractivity contribution in [2.24, 2.45) is 5.92 Å². The predicted octanol–water partition coefficient (Wildman–Crippen LogP) is 2.06.